The Balaban J connectivity index is 1.55. The van der Waals surface area contributed by atoms with Gasteiger partial charge in [-0.15, -0.1) is 0 Å². The largest absolute Gasteiger partial charge is 0.482 e. The topological polar surface area (TPSA) is 65.7 Å². The molecule has 0 spiro atoms. The van der Waals surface area contributed by atoms with Crippen LogP contribution in [0.4, 0.5) is 0 Å². The van der Waals surface area contributed by atoms with E-state index in [2.05, 4.69) is 0 Å². The van der Waals surface area contributed by atoms with Gasteiger partial charge >= 0.3 is 5.97 Å². The molecule has 0 saturated carbocycles. The molecule has 0 bridgehead atoms. The summed E-state index contributed by atoms with van der Waals surface area (Å²) in [7, 11) is 0. The Bertz CT molecular complexity index is 1270. The molecule has 4 aromatic rings. The van der Waals surface area contributed by atoms with Crippen LogP contribution >= 0.6 is 0 Å². The highest BCUT2D eigenvalue weighted by Crippen LogP contribution is 2.26. The third-order valence-electron chi connectivity index (χ3n) is 4.68. The van der Waals surface area contributed by atoms with E-state index in [0.717, 1.165) is 11.1 Å². The first-order chi connectivity index (χ1) is 14.5. The molecule has 0 amide bonds. The predicted molar refractivity (Wildman–Crippen MR) is 115 cm³/mol. The van der Waals surface area contributed by atoms with E-state index < -0.39 is 5.97 Å². The number of carbonyl (C=O) groups is 1. The number of carbonyl (C=O) groups excluding carboxylic acids is 1. The minimum Gasteiger partial charge on any atom is -0.482 e. The van der Waals surface area contributed by atoms with E-state index in [4.69, 9.17) is 13.9 Å². The van der Waals surface area contributed by atoms with Gasteiger partial charge in [-0.2, -0.15) is 0 Å². The molecule has 0 aliphatic heterocycles. The van der Waals surface area contributed by atoms with Gasteiger partial charge in [0.15, 0.2) is 6.61 Å². The van der Waals surface area contributed by atoms with Gasteiger partial charge in [0, 0.05) is 6.07 Å². The zero-order chi connectivity index (χ0) is 21.1. The molecule has 0 radical (unpaired) electrons. The van der Waals surface area contributed by atoms with Crippen LogP contribution < -0.4 is 14.9 Å². The lowest BCUT2D eigenvalue weighted by molar-refractivity contribution is -0.136. The van der Waals surface area contributed by atoms with E-state index in [1.807, 2.05) is 55.5 Å². The summed E-state index contributed by atoms with van der Waals surface area (Å²) >= 11 is 0. The van der Waals surface area contributed by atoms with Crippen LogP contribution in [0.2, 0.25) is 0 Å². The minimum absolute atomic E-state index is 0.124. The molecule has 5 nitrogen and oxygen atoms in total. The van der Waals surface area contributed by atoms with Crippen molar-refractivity contribution in [2.24, 2.45) is 0 Å². The molecule has 1 aromatic heterocycles. The molecule has 150 valence electrons. The van der Waals surface area contributed by atoms with Crippen LogP contribution in [-0.4, -0.2) is 12.6 Å². The van der Waals surface area contributed by atoms with Gasteiger partial charge in [0.25, 0.3) is 0 Å². The quantitative estimate of drug-likeness (QED) is 0.346. The Hall–Kier alpha value is -3.86. The fourth-order valence-corrected chi connectivity index (χ4v) is 3.30. The van der Waals surface area contributed by atoms with Crippen molar-refractivity contribution in [1.29, 1.82) is 0 Å². The van der Waals surface area contributed by atoms with Crippen LogP contribution in [0, 0.1) is 13.8 Å². The standard InChI is InChI=1S/C25H20O5/c1-16-7-6-10-19(13-16)28-15-23(26)30-20-11-12-21-22(14-20)29-17(2)24(25(21)27)18-8-4-3-5-9-18/h3-14H,15H2,1-2H3. The minimum atomic E-state index is -0.546. The molecule has 0 unspecified atom stereocenters. The normalized spacial score (nSPS) is 10.7. The third kappa shape index (κ3) is 4.10. The van der Waals surface area contributed by atoms with Gasteiger partial charge in [0.2, 0.25) is 5.43 Å². The molecule has 3 aromatic carbocycles. The Morgan fingerprint density at radius 2 is 1.70 bits per heavy atom. The lowest BCUT2D eigenvalue weighted by Gasteiger charge is -2.09. The molecule has 0 fully saturated rings. The summed E-state index contributed by atoms with van der Waals surface area (Å²) in [6.45, 7) is 3.47. The summed E-state index contributed by atoms with van der Waals surface area (Å²) in [6, 6.07) is 21.5. The molecule has 0 aliphatic rings. The summed E-state index contributed by atoms with van der Waals surface area (Å²) in [5, 5.41) is 0.426. The highest BCUT2D eigenvalue weighted by atomic mass is 16.6. The van der Waals surface area contributed by atoms with E-state index in [0.29, 0.717) is 28.0 Å². The van der Waals surface area contributed by atoms with Gasteiger partial charge < -0.3 is 13.9 Å². The van der Waals surface area contributed by atoms with Crippen molar-refractivity contribution >= 4 is 16.9 Å². The van der Waals surface area contributed by atoms with E-state index in [-0.39, 0.29) is 17.8 Å². The van der Waals surface area contributed by atoms with Crippen LogP contribution in [0.5, 0.6) is 11.5 Å². The van der Waals surface area contributed by atoms with Crippen molar-refractivity contribution in [3.05, 3.63) is 94.3 Å². The van der Waals surface area contributed by atoms with Crippen molar-refractivity contribution < 1.29 is 18.7 Å². The van der Waals surface area contributed by atoms with Gasteiger partial charge in [0.05, 0.1) is 10.9 Å². The molecule has 0 saturated heterocycles. The molecule has 4 rings (SSSR count). The van der Waals surface area contributed by atoms with Gasteiger partial charge in [-0.1, -0.05) is 42.5 Å². The van der Waals surface area contributed by atoms with Crippen molar-refractivity contribution in [2.45, 2.75) is 13.8 Å². The Labute approximate surface area is 173 Å². The number of esters is 1. The smallest absolute Gasteiger partial charge is 0.349 e. The molecule has 0 aliphatic carbocycles. The third-order valence-corrected chi connectivity index (χ3v) is 4.68. The maximum atomic E-state index is 13.0. The maximum Gasteiger partial charge on any atom is 0.349 e. The Morgan fingerprint density at radius 1 is 0.900 bits per heavy atom. The average Bonchev–Trinajstić information content (AvgIpc) is 2.73. The van der Waals surface area contributed by atoms with E-state index in [1.54, 1.807) is 31.2 Å². The number of benzene rings is 3. The van der Waals surface area contributed by atoms with Crippen LogP contribution in [0.15, 0.2) is 82.0 Å². The fraction of sp³-hybridized carbons (Fsp3) is 0.120. The number of ether oxygens (including phenoxy) is 2. The van der Waals surface area contributed by atoms with E-state index in [1.165, 1.54) is 0 Å². The second-order valence-corrected chi connectivity index (χ2v) is 6.97. The van der Waals surface area contributed by atoms with Gasteiger partial charge in [0.1, 0.15) is 22.8 Å². The van der Waals surface area contributed by atoms with Crippen molar-refractivity contribution in [3.63, 3.8) is 0 Å². The summed E-state index contributed by atoms with van der Waals surface area (Å²) in [4.78, 5) is 25.1. The molecular formula is C25H20O5. The summed E-state index contributed by atoms with van der Waals surface area (Å²) < 4.78 is 16.7. The molecule has 5 heteroatoms. The van der Waals surface area contributed by atoms with Crippen LogP contribution in [0.3, 0.4) is 0 Å². The number of hydrogen-bond acceptors (Lipinski definition) is 5. The highest BCUT2D eigenvalue weighted by Gasteiger charge is 2.15. The number of rotatable bonds is 5. The lowest BCUT2D eigenvalue weighted by atomic mass is 10.0. The first-order valence-electron chi connectivity index (χ1n) is 9.54. The lowest BCUT2D eigenvalue weighted by Crippen LogP contribution is -2.17. The zero-order valence-corrected chi connectivity index (χ0v) is 16.7. The van der Waals surface area contributed by atoms with Crippen LogP contribution in [0.1, 0.15) is 11.3 Å². The fourth-order valence-electron chi connectivity index (χ4n) is 3.30. The predicted octanol–water partition coefficient (Wildman–Crippen LogP) is 5.06. The van der Waals surface area contributed by atoms with E-state index >= 15 is 0 Å². The second kappa shape index (κ2) is 8.25. The van der Waals surface area contributed by atoms with Crippen LogP contribution in [0.25, 0.3) is 22.1 Å². The molecule has 30 heavy (non-hydrogen) atoms. The first-order valence-corrected chi connectivity index (χ1v) is 9.54. The molecule has 0 N–H and O–H groups in total. The molecule has 1 heterocycles. The van der Waals surface area contributed by atoms with Crippen molar-refractivity contribution in [2.75, 3.05) is 6.61 Å². The van der Waals surface area contributed by atoms with Gasteiger partial charge in [-0.3, -0.25) is 4.79 Å². The summed E-state index contributed by atoms with van der Waals surface area (Å²) in [5.74, 6) is 0.844. The highest BCUT2D eigenvalue weighted by molar-refractivity contribution is 5.84. The SMILES string of the molecule is Cc1cccc(OCC(=O)Oc2ccc3c(=O)c(-c4ccccc4)c(C)oc3c2)c1. The zero-order valence-electron chi connectivity index (χ0n) is 16.7. The Morgan fingerprint density at radius 3 is 2.47 bits per heavy atom. The van der Waals surface area contributed by atoms with Crippen molar-refractivity contribution in [3.8, 4) is 22.6 Å². The monoisotopic (exact) mass is 400 g/mol. The summed E-state index contributed by atoms with van der Waals surface area (Å²) in [5.41, 5.74) is 2.60. The maximum absolute atomic E-state index is 13.0. The average molecular weight is 400 g/mol. The number of aryl methyl sites for hydroxylation is 2. The van der Waals surface area contributed by atoms with Gasteiger partial charge in [-0.05, 0) is 49.2 Å². The van der Waals surface area contributed by atoms with E-state index in [9.17, 15) is 9.59 Å². The molecule has 0 atom stereocenters. The number of fused-ring (bicyclic) bond motifs is 1. The van der Waals surface area contributed by atoms with Gasteiger partial charge in [-0.25, -0.2) is 4.79 Å². The van der Waals surface area contributed by atoms with Crippen molar-refractivity contribution in [1.82, 2.24) is 0 Å². The second-order valence-electron chi connectivity index (χ2n) is 6.97. The summed E-state index contributed by atoms with van der Waals surface area (Å²) in [6.07, 6.45) is 0. The first kappa shape index (κ1) is 19.5. The Kier molecular flexibility index (Phi) is 5.35. The molecular weight excluding hydrogens is 380 g/mol. The van der Waals surface area contributed by atoms with Crippen LogP contribution in [-0.2, 0) is 4.79 Å². The number of hydrogen-bond donors (Lipinski definition) is 0.